The van der Waals surface area contributed by atoms with Crippen LogP contribution in [0.15, 0.2) is 41.5 Å². The summed E-state index contributed by atoms with van der Waals surface area (Å²) in [6.07, 6.45) is 8.40. The van der Waals surface area contributed by atoms with Gasteiger partial charge in [-0.3, -0.25) is 0 Å². The summed E-state index contributed by atoms with van der Waals surface area (Å²) in [6.45, 7) is 15.1. The van der Waals surface area contributed by atoms with Gasteiger partial charge in [-0.15, -0.1) is 0 Å². The Balaban J connectivity index is 2.76. The van der Waals surface area contributed by atoms with Crippen molar-refractivity contribution in [2.45, 2.75) is 66.7 Å². The van der Waals surface area contributed by atoms with Gasteiger partial charge in [0.1, 0.15) is 0 Å². The van der Waals surface area contributed by atoms with E-state index < -0.39 is 0 Å². The number of rotatable bonds is 9. The molecule has 0 atom stereocenters. The predicted octanol–water partition coefficient (Wildman–Crippen LogP) is 6.49. The van der Waals surface area contributed by atoms with Crippen molar-refractivity contribution in [3.05, 3.63) is 53.2 Å². The van der Waals surface area contributed by atoms with Gasteiger partial charge >= 0.3 is 0 Å². The van der Waals surface area contributed by atoms with Crippen molar-refractivity contribution < 1.29 is 4.74 Å². The van der Waals surface area contributed by atoms with E-state index in [2.05, 4.69) is 43.6 Å². The summed E-state index contributed by atoms with van der Waals surface area (Å²) >= 11 is 0. The molecule has 0 radical (unpaired) electrons. The molecule has 132 valence electrons. The molecule has 0 aromatic heterocycles. The lowest BCUT2D eigenvalue weighted by Gasteiger charge is -2.10. The quantitative estimate of drug-likeness (QED) is 0.220. The molecule has 0 saturated heterocycles. The molecule has 2 heteroatoms. The maximum atomic E-state index is 5.37. The average molecular weight is 328 g/mol. The van der Waals surface area contributed by atoms with E-state index in [9.17, 15) is 0 Å². The standard InChI is InChI=1S/C22H33NO/c1-7-9-10-11-12-21-13-14-22(18(4)16-21)17(3)15-19(5)23-20(6)24-8-2/h13-16H,3,7-12H2,1-2,4-6H3/b19-15+,23-20?. The van der Waals surface area contributed by atoms with Crippen molar-refractivity contribution in [1.82, 2.24) is 0 Å². The maximum Gasteiger partial charge on any atom is 0.184 e. The third kappa shape index (κ3) is 7.16. The maximum absolute atomic E-state index is 5.37. The molecule has 0 saturated carbocycles. The van der Waals surface area contributed by atoms with Crippen molar-refractivity contribution in [2.24, 2.45) is 4.99 Å². The zero-order valence-corrected chi connectivity index (χ0v) is 16.1. The Bertz CT molecular complexity index is 596. The van der Waals surface area contributed by atoms with Crippen LogP contribution in [0.1, 0.15) is 70.1 Å². The first kappa shape index (κ1) is 20.2. The van der Waals surface area contributed by atoms with E-state index in [0.29, 0.717) is 12.5 Å². The van der Waals surface area contributed by atoms with Crippen molar-refractivity contribution in [1.29, 1.82) is 0 Å². The van der Waals surface area contributed by atoms with Gasteiger partial charge in [0, 0.05) is 12.6 Å². The monoisotopic (exact) mass is 327 g/mol. The zero-order chi connectivity index (χ0) is 17.9. The molecule has 2 nitrogen and oxygen atoms in total. The number of benzene rings is 1. The fourth-order valence-electron chi connectivity index (χ4n) is 2.85. The highest BCUT2D eigenvalue weighted by Crippen LogP contribution is 2.22. The molecule has 0 fully saturated rings. The Morgan fingerprint density at radius 3 is 2.54 bits per heavy atom. The molecule has 1 rings (SSSR count). The number of allylic oxidation sites excluding steroid dienone is 3. The molecule has 24 heavy (non-hydrogen) atoms. The lowest BCUT2D eigenvalue weighted by atomic mass is 9.96. The second-order valence-corrected chi connectivity index (χ2v) is 6.33. The van der Waals surface area contributed by atoms with Gasteiger partial charge in [0.25, 0.3) is 0 Å². The van der Waals surface area contributed by atoms with Crippen molar-refractivity contribution >= 4 is 11.5 Å². The number of nitrogens with zero attached hydrogens (tertiary/aromatic N) is 1. The van der Waals surface area contributed by atoms with Crippen LogP contribution in [0.3, 0.4) is 0 Å². The van der Waals surface area contributed by atoms with Gasteiger partial charge in [0.15, 0.2) is 5.90 Å². The highest BCUT2D eigenvalue weighted by molar-refractivity contribution is 5.77. The van der Waals surface area contributed by atoms with Crippen LogP contribution in [-0.4, -0.2) is 12.5 Å². The highest BCUT2D eigenvalue weighted by Gasteiger charge is 2.04. The van der Waals surface area contributed by atoms with E-state index in [1.54, 1.807) is 0 Å². The predicted molar refractivity (Wildman–Crippen MR) is 107 cm³/mol. The van der Waals surface area contributed by atoms with E-state index in [1.165, 1.54) is 48.8 Å². The fraction of sp³-hybridized carbons (Fsp3) is 0.500. The van der Waals surface area contributed by atoms with Crippen molar-refractivity contribution in [3.8, 4) is 0 Å². The van der Waals surface area contributed by atoms with E-state index in [-0.39, 0.29) is 0 Å². The lowest BCUT2D eigenvalue weighted by Crippen LogP contribution is -1.98. The molecule has 0 aliphatic heterocycles. The first-order chi connectivity index (χ1) is 11.5. The number of unbranched alkanes of at least 4 members (excludes halogenated alkanes) is 3. The molecule has 0 amide bonds. The minimum absolute atomic E-state index is 0.641. The summed E-state index contributed by atoms with van der Waals surface area (Å²) in [5.41, 5.74) is 5.80. The third-order valence-corrected chi connectivity index (χ3v) is 4.03. The van der Waals surface area contributed by atoms with E-state index in [1.807, 2.05) is 26.8 Å². The summed E-state index contributed by atoms with van der Waals surface area (Å²) in [7, 11) is 0. The van der Waals surface area contributed by atoms with Crippen LogP contribution in [0, 0.1) is 6.92 Å². The van der Waals surface area contributed by atoms with Crippen LogP contribution in [-0.2, 0) is 11.2 Å². The molecular weight excluding hydrogens is 294 g/mol. The van der Waals surface area contributed by atoms with Gasteiger partial charge in [-0.2, -0.15) is 0 Å². The third-order valence-electron chi connectivity index (χ3n) is 4.03. The van der Waals surface area contributed by atoms with Crippen LogP contribution >= 0.6 is 0 Å². The number of aliphatic imine (C=N–C) groups is 1. The van der Waals surface area contributed by atoms with Crippen LogP contribution < -0.4 is 0 Å². The largest absolute Gasteiger partial charge is 0.481 e. The number of aryl methyl sites for hydroxylation is 2. The Kier molecular flexibility index (Phi) is 9.14. The molecule has 0 aliphatic carbocycles. The molecule has 0 aliphatic rings. The molecule has 0 heterocycles. The molecule has 0 bridgehead atoms. The minimum Gasteiger partial charge on any atom is -0.481 e. The molecular formula is C22H33NO. The SMILES string of the molecule is C=C(/C=C(\C)N=C(C)OCC)c1ccc(CCCCCC)cc1C. The molecule has 0 N–H and O–H groups in total. The van der Waals surface area contributed by atoms with E-state index in [0.717, 1.165) is 11.3 Å². The summed E-state index contributed by atoms with van der Waals surface area (Å²) in [4.78, 5) is 4.43. The average Bonchev–Trinajstić information content (AvgIpc) is 2.51. The van der Waals surface area contributed by atoms with Crippen LogP contribution in [0.5, 0.6) is 0 Å². The van der Waals surface area contributed by atoms with Gasteiger partial charge in [-0.25, -0.2) is 4.99 Å². The topological polar surface area (TPSA) is 21.6 Å². The Hall–Kier alpha value is -1.83. The van der Waals surface area contributed by atoms with Gasteiger partial charge in [0.2, 0.25) is 0 Å². The number of ether oxygens (including phenoxy) is 1. The lowest BCUT2D eigenvalue weighted by molar-refractivity contribution is 0.324. The zero-order valence-electron chi connectivity index (χ0n) is 16.1. The van der Waals surface area contributed by atoms with E-state index >= 15 is 0 Å². The van der Waals surface area contributed by atoms with Gasteiger partial charge in [0.05, 0.1) is 6.61 Å². The first-order valence-corrected chi connectivity index (χ1v) is 9.13. The smallest absolute Gasteiger partial charge is 0.184 e. The Morgan fingerprint density at radius 1 is 1.17 bits per heavy atom. The summed E-state index contributed by atoms with van der Waals surface area (Å²) in [5, 5.41) is 0. The van der Waals surface area contributed by atoms with Crippen LogP contribution in [0.2, 0.25) is 0 Å². The van der Waals surface area contributed by atoms with Crippen molar-refractivity contribution in [3.63, 3.8) is 0 Å². The highest BCUT2D eigenvalue weighted by atomic mass is 16.5. The summed E-state index contributed by atoms with van der Waals surface area (Å²) in [6, 6.07) is 6.72. The second kappa shape index (κ2) is 10.9. The molecule has 0 spiro atoms. The van der Waals surface area contributed by atoms with Gasteiger partial charge in [-0.05, 0) is 62.0 Å². The number of hydrogen-bond acceptors (Lipinski definition) is 2. The summed E-state index contributed by atoms with van der Waals surface area (Å²) in [5.74, 6) is 0.693. The molecule has 1 aromatic carbocycles. The van der Waals surface area contributed by atoms with Crippen LogP contribution in [0.4, 0.5) is 0 Å². The van der Waals surface area contributed by atoms with Gasteiger partial charge < -0.3 is 4.74 Å². The first-order valence-electron chi connectivity index (χ1n) is 9.13. The van der Waals surface area contributed by atoms with E-state index in [4.69, 9.17) is 4.74 Å². The molecule has 0 unspecified atom stereocenters. The van der Waals surface area contributed by atoms with Crippen molar-refractivity contribution in [2.75, 3.05) is 6.61 Å². The number of hydrogen-bond donors (Lipinski definition) is 0. The Labute approximate surface area is 148 Å². The Morgan fingerprint density at radius 2 is 1.92 bits per heavy atom. The molecule has 1 aromatic rings. The second-order valence-electron chi connectivity index (χ2n) is 6.33. The van der Waals surface area contributed by atoms with Gasteiger partial charge in [-0.1, -0.05) is 51.0 Å². The minimum atomic E-state index is 0.641. The summed E-state index contributed by atoms with van der Waals surface area (Å²) < 4.78 is 5.37. The van der Waals surface area contributed by atoms with Crippen LogP contribution in [0.25, 0.3) is 5.57 Å². The fourth-order valence-corrected chi connectivity index (χ4v) is 2.85. The normalized spacial score (nSPS) is 12.4.